The Hall–Kier alpha value is -0.0800. The third-order valence-corrected chi connectivity index (χ3v) is 3.24. The highest BCUT2D eigenvalue weighted by atomic mass is 16.5. The summed E-state index contributed by atoms with van der Waals surface area (Å²) in [4.78, 5) is 2.57. The zero-order valence-electron chi connectivity index (χ0n) is 9.42. The fourth-order valence-electron chi connectivity index (χ4n) is 2.26. The van der Waals surface area contributed by atoms with Crippen LogP contribution in [0.1, 0.15) is 27.2 Å². The number of nitrogens with zero attached hydrogens (tertiary/aromatic N) is 1. The van der Waals surface area contributed by atoms with Crippen molar-refractivity contribution in [2.75, 3.05) is 26.8 Å². The molecule has 1 aliphatic heterocycles. The number of rotatable bonds is 4. The van der Waals surface area contributed by atoms with Crippen LogP contribution < -0.4 is 0 Å². The third kappa shape index (κ3) is 2.68. The van der Waals surface area contributed by atoms with Crippen LogP contribution in [0.15, 0.2) is 0 Å². The van der Waals surface area contributed by atoms with E-state index in [4.69, 9.17) is 4.74 Å². The Balaban J connectivity index is 2.45. The van der Waals surface area contributed by atoms with Crippen molar-refractivity contribution in [3.8, 4) is 0 Å². The highest BCUT2D eigenvalue weighted by Gasteiger charge is 2.32. The van der Waals surface area contributed by atoms with Crippen LogP contribution in [0, 0.1) is 11.8 Å². The molecular weight excluding hydrogens is 162 g/mol. The first-order chi connectivity index (χ1) is 6.19. The molecule has 0 N–H and O–H groups in total. The van der Waals surface area contributed by atoms with E-state index in [2.05, 4.69) is 25.7 Å². The molecule has 1 fully saturated rings. The van der Waals surface area contributed by atoms with E-state index in [1.54, 1.807) is 0 Å². The number of likely N-dealkylation sites (tertiary alicyclic amines) is 1. The van der Waals surface area contributed by atoms with Gasteiger partial charge in [-0.2, -0.15) is 0 Å². The third-order valence-electron chi connectivity index (χ3n) is 3.24. The molecule has 0 aromatic carbocycles. The molecule has 13 heavy (non-hydrogen) atoms. The summed E-state index contributed by atoms with van der Waals surface area (Å²) in [5.41, 5.74) is 0. The lowest BCUT2D eigenvalue weighted by molar-refractivity contribution is 0.135. The monoisotopic (exact) mass is 185 g/mol. The smallest absolute Gasteiger partial charge is 0.0505 e. The van der Waals surface area contributed by atoms with Crippen molar-refractivity contribution in [2.24, 2.45) is 11.8 Å². The molecule has 2 unspecified atom stereocenters. The zero-order valence-corrected chi connectivity index (χ0v) is 9.42. The van der Waals surface area contributed by atoms with Crippen LogP contribution in [-0.4, -0.2) is 37.7 Å². The SMILES string of the molecule is CCC1CN(C(C)C)CC1COC. The number of methoxy groups -OCH3 is 1. The van der Waals surface area contributed by atoms with E-state index in [9.17, 15) is 0 Å². The first kappa shape index (κ1) is 11.0. The van der Waals surface area contributed by atoms with Gasteiger partial charge < -0.3 is 9.64 Å². The molecule has 1 aliphatic rings. The molecule has 1 saturated heterocycles. The van der Waals surface area contributed by atoms with Gasteiger partial charge in [0.2, 0.25) is 0 Å². The van der Waals surface area contributed by atoms with Crippen molar-refractivity contribution in [3.63, 3.8) is 0 Å². The van der Waals surface area contributed by atoms with Gasteiger partial charge in [-0.3, -0.25) is 0 Å². The van der Waals surface area contributed by atoms with Crippen molar-refractivity contribution in [3.05, 3.63) is 0 Å². The molecule has 0 aliphatic carbocycles. The largest absolute Gasteiger partial charge is 0.384 e. The Morgan fingerprint density at radius 2 is 1.92 bits per heavy atom. The maximum atomic E-state index is 5.26. The number of hydrogen-bond donors (Lipinski definition) is 0. The summed E-state index contributed by atoms with van der Waals surface area (Å²) in [6.45, 7) is 10.3. The molecule has 0 spiro atoms. The molecule has 2 heteroatoms. The van der Waals surface area contributed by atoms with Crippen LogP contribution in [0.25, 0.3) is 0 Å². The van der Waals surface area contributed by atoms with Gasteiger partial charge in [0, 0.05) is 26.2 Å². The van der Waals surface area contributed by atoms with Crippen LogP contribution in [0.2, 0.25) is 0 Å². The number of ether oxygens (including phenoxy) is 1. The lowest BCUT2D eigenvalue weighted by Crippen LogP contribution is -2.28. The quantitative estimate of drug-likeness (QED) is 0.664. The second-order valence-electron chi connectivity index (χ2n) is 4.43. The van der Waals surface area contributed by atoms with Crippen molar-refractivity contribution in [1.82, 2.24) is 4.90 Å². The molecule has 78 valence electrons. The predicted octanol–water partition coefficient (Wildman–Crippen LogP) is 2.00. The van der Waals surface area contributed by atoms with E-state index in [-0.39, 0.29) is 0 Å². The van der Waals surface area contributed by atoms with Crippen LogP contribution in [-0.2, 0) is 4.74 Å². The average Bonchev–Trinajstić information content (AvgIpc) is 2.48. The van der Waals surface area contributed by atoms with Gasteiger partial charge in [-0.1, -0.05) is 13.3 Å². The van der Waals surface area contributed by atoms with Crippen molar-refractivity contribution >= 4 is 0 Å². The summed E-state index contributed by atoms with van der Waals surface area (Å²) in [7, 11) is 1.81. The molecule has 0 saturated carbocycles. The van der Waals surface area contributed by atoms with E-state index >= 15 is 0 Å². The van der Waals surface area contributed by atoms with E-state index in [1.165, 1.54) is 19.5 Å². The second-order valence-corrected chi connectivity index (χ2v) is 4.43. The fourth-order valence-corrected chi connectivity index (χ4v) is 2.26. The average molecular weight is 185 g/mol. The van der Waals surface area contributed by atoms with Gasteiger partial charge >= 0.3 is 0 Å². The van der Waals surface area contributed by atoms with Gasteiger partial charge in [0.1, 0.15) is 0 Å². The minimum Gasteiger partial charge on any atom is -0.384 e. The summed E-state index contributed by atoms with van der Waals surface area (Å²) in [5.74, 6) is 1.61. The van der Waals surface area contributed by atoms with E-state index < -0.39 is 0 Å². The summed E-state index contributed by atoms with van der Waals surface area (Å²) in [6.07, 6.45) is 1.29. The second kappa shape index (κ2) is 4.97. The Kier molecular flexibility index (Phi) is 4.20. The molecule has 1 heterocycles. The van der Waals surface area contributed by atoms with Gasteiger partial charge in [0.25, 0.3) is 0 Å². The lowest BCUT2D eigenvalue weighted by Gasteiger charge is -2.19. The normalized spacial score (nSPS) is 30.2. The highest BCUT2D eigenvalue weighted by molar-refractivity contribution is 4.84. The van der Waals surface area contributed by atoms with Crippen molar-refractivity contribution in [2.45, 2.75) is 33.2 Å². The lowest BCUT2D eigenvalue weighted by atomic mass is 9.95. The van der Waals surface area contributed by atoms with E-state index in [0.29, 0.717) is 6.04 Å². The summed E-state index contributed by atoms with van der Waals surface area (Å²) >= 11 is 0. The fraction of sp³-hybridized carbons (Fsp3) is 1.00. The summed E-state index contributed by atoms with van der Waals surface area (Å²) in [5, 5.41) is 0. The first-order valence-electron chi connectivity index (χ1n) is 5.42. The van der Waals surface area contributed by atoms with Crippen molar-refractivity contribution < 1.29 is 4.74 Å². The molecular formula is C11H23NO. The predicted molar refractivity (Wildman–Crippen MR) is 55.9 cm³/mol. The first-order valence-corrected chi connectivity index (χ1v) is 5.42. The minimum absolute atomic E-state index is 0.691. The molecule has 2 atom stereocenters. The molecule has 0 aromatic rings. The molecule has 0 amide bonds. The molecule has 2 nitrogen and oxygen atoms in total. The zero-order chi connectivity index (χ0) is 9.84. The van der Waals surface area contributed by atoms with Crippen LogP contribution in [0.4, 0.5) is 0 Å². The van der Waals surface area contributed by atoms with Gasteiger partial charge in [0.05, 0.1) is 6.61 Å². The van der Waals surface area contributed by atoms with Gasteiger partial charge in [-0.05, 0) is 25.7 Å². The van der Waals surface area contributed by atoms with Crippen LogP contribution >= 0.6 is 0 Å². The highest BCUT2D eigenvalue weighted by Crippen LogP contribution is 2.27. The molecule has 0 radical (unpaired) electrons. The topological polar surface area (TPSA) is 12.5 Å². The van der Waals surface area contributed by atoms with E-state index in [1.807, 2.05) is 7.11 Å². The number of hydrogen-bond acceptors (Lipinski definition) is 2. The summed E-state index contributed by atoms with van der Waals surface area (Å²) < 4.78 is 5.26. The van der Waals surface area contributed by atoms with Crippen LogP contribution in [0.3, 0.4) is 0 Å². The molecule has 0 bridgehead atoms. The Morgan fingerprint density at radius 1 is 1.31 bits per heavy atom. The Labute approximate surface area is 82.3 Å². The molecule has 1 rings (SSSR count). The maximum Gasteiger partial charge on any atom is 0.0505 e. The van der Waals surface area contributed by atoms with Crippen molar-refractivity contribution in [1.29, 1.82) is 0 Å². The van der Waals surface area contributed by atoms with Gasteiger partial charge in [-0.15, -0.1) is 0 Å². The standard InChI is InChI=1S/C11H23NO/c1-5-10-6-12(9(2)3)7-11(10)8-13-4/h9-11H,5-8H2,1-4H3. The van der Waals surface area contributed by atoms with Gasteiger partial charge in [-0.25, -0.2) is 0 Å². The molecule has 0 aromatic heterocycles. The maximum absolute atomic E-state index is 5.26. The Morgan fingerprint density at radius 3 is 2.38 bits per heavy atom. The van der Waals surface area contributed by atoms with Crippen LogP contribution in [0.5, 0.6) is 0 Å². The Bertz CT molecular complexity index is 147. The summed E-state index contributed by atoms with van der Waals surface area (Å²) in [6, 6.07) is 0.691. The van der Waals surface area contributed by atoms with E-state index in [0.717, 1.165) is 18.4 Å². The minimum atomic E-state index is 0.691. The van der Waals surface area contributed by atoms with Gasteiger partial charge in [0.15, 0.2) is 0 Å².